The second-order valence-corrected chi connectivity index (χ2v) is 5.56. The van der Waals surface area contributed by atoms with Crippen LogP contribution in [0, 0.1) is 11.3 Å². The van der Waals surface area contributed by atoms with Gasteiger partial charge >= 0.3 is 0 Å². The molecule has 0 amide bonds. The van der Waals surface area contributed by atoms with Crippen molar-refractivity contribution in [1.29, 1.82) is 0 Å². The van der Waals surface area contributed by atoms with Crippen molar-refractivity contribution in [3.63, 3.8) is 0 Å². The van der Waals surface area contributed by atoms with E-state index in [0.29, 0.717) is 16.3 Å². The summed E-state index contributed by atoms with van der Waals surface area (Å²) < 4.78 is 1.84. The van der Waals surface area contributed by atoms with E-state index in [-0.39, 0.29) is 0 Å². The minimum absolute atomic E-state index is 0.434. The second kappa shape index (κ2) is 3.71. The maximum absolute atomic E-state index is 5.82. The monoisotopic (exact) mass is 227 g/mol. The van der Waals surface area contributed by atoms with Crippen molar-refractivity contribution in [3.05, 3.63) is 11.2 Å². The number of nitrogen functional groups attached to an aromatic ring is 1. The quantitative estimate of drug-likeness (QED) is 0.860. The van der Waals surface area contributed by atoms with Gasteiger partial charge in [0.1, 0.15) is 5.02 Å². The number of rotatable bonds is 4. The number of aryl methyl sites for hydroxylation is 1. The van der Waals surface area contributed by atoms with Gasteiger partial charge in [-0.2, -0.15) is 5.10 Å². The highest BCUT2D eigenvalue weighted by atomic mass is 35.5. The molecule has 1 aliphatic carbocycles. The van der Waals surface area contributed by atoms with Crippen molar-refractivity contribution in [3.8, 4) is 0 Å². The molecule has 84 valence electrons. The lowest BCUT2D eigenvalue weighted by molar-refractivity contribution is 0.480. The molecule has 1 aromatic heterocycles. The van der Waals surface area contributed by atoms with E-state index in [1.807, 2.05) is 4.68 Å². The van der Waals surface area contributed by atoms with E-state index in [4.69, 9.17) is 17.3 Å². The number of hydrogen-bond acceptors (Lipinski definition) is 2. The fraction of sp³-hybridized carbons (Fsp3) is 0.727. The lowest BCUT2D eigenvalue weighted by Gasteiger charge is -2.03. The number of anilines is 1. The Hall–Kier alpha value is -0.700. The smallest absolute Gasteiger partial charge is 0.164 e. The Balaban J connectivity index is 1.75. The average molecular weight is 228 g/mol. The van der Waals surface area contributed by atoms with Crippen LogP contribution in [0.1, 0.15) is 33.1 Å². The first kappa shape index (κ1) is 10.8. The summed E-state index contributed by atoms with van der Waals surface area (Å²) in [6.07, 6.45) is 5.61. The van der Waals surface area contributed by atoms with Crippen LogP contribution < -0.4 is 5.73 Å². The zero-order valence-electron chi connectivity index (χ0n) is 9.33. The van der Waals surface area contributed by atoms with Gasteiger partial charge in [0.2, 0.25) is 0 Å². The minimum atomic E-state index is 0.434. The van der Waals surface area contributed by atoms with Crippen molar-refractivity contribution in [2.24, 2.45) is 11.3 Å². The minimum Gasteiger partial charge on any atom is -0.381 e. The van der Waals surface area contributed by atoms with E-state index < -0.39 is 0 Å². The van der Waals surface area contributed by atoms with Crippen LogP contribution in [0.3, 0.4) is 0 Å². The zero-order valence-corrected chi connectivity index (χ0v) is 10.1. The van der Waals surface area contributed by atoms with Crippen molar-refractivity contribution < 1.29 is 0 Å². The third-order valence-corrected chi connectivity index (χ3v) is 3.69. The van der Waals surface area contributed by atoms with Crippen LogP contribution in [0.5, 0.6) is 0 Å². The van der Waals surface area contributed by atoms with Crippen LogP contribution in [0.15, 0.2) is 6.20 Å². The van der Waals surface area contributed by atoms with Gasteiger partial charge in [0, 0.05) is 12.7 Å². The highest BCUT2D eigenvalue weighted by Crippen LogP contribution is 2.54. The van der Waals surface area contributed by atoms with E-state index in [2.05, 4.69) is 18.9 Å². The molecule has 0 spiro atoms. The van der Waals surface area contributed by atoms with Gasteiger partial charge in [-0.1, -0.05) is 25.4 Å². The van der Waals surface area contributed by atoms with Crippen LogP contribution in [0.25, 0.3) is 0 Å². The van der Waals surface area contributed by atoms with Crippen LogP contribution >= 0.6 is 11.6 Å². The Bertz CT molecular complexity index is 337. The van der Waals surface area contributed by atoms with Crippen LogP contribution in [0.4, 0.5) is 5.82 Å². The molecular formula is C11H18ClN3. The number of hydrogen-bond donors (Lipinski definition) is 1. The molecule has 1 atom stereocenters. The summed E-state index contributed by atoms with van der Waals surface area (Å²) in [5, 5.41) is 4.68. The number of nitrogens with zero attached hydrogens (tertiary/aromatic N) is 2. The Morgan fingerprint density at radius 2 is 2.33 bits per heavy atom. The van der Waals surface area contributed by atoms with Gasteiger partial charge in [-0.3, -0.25) is 4.68 Å². The summed E-state index contributed by atoms with van der Waals surface area (Å²) in [5.41, 5.74) is 6.15. The second-order valence-electron chi connectivity index (χ2n) is 5.16. The first-order chi connectivity index (χ1) is 6.99. The Kier molecular flexibility index (Phi) is 2.67. The van der Waals surface area contributed by atoms with Crippen LogP contribution in [-0.2, 0) is 6.54 Å². The average Bonchev–Trinajstić information content (AvgIpc) is 2.59. The van der Waals surface area contributed by atoms with Crippen LogP contribution in [-0.4, -0.2) is 9.78 Å². The Morgan fingerprint density at radius 3 is 2.80 bits per heavy atom. The first-order valence-electron chi connectivity index (χ1n) is 5.47. The molecule has 1 unspecified atom stereocenters. The van der Waals surface area contributed by atoms with Crippen molar-refractivity contribution in [1.82, 2.24) is 9.78 Å². The molecule has 0 bridgehead atoms. The predicted octanol–water partition coefficient (Wildman–Crippen LogP) is 2.95. The summed E-state index contributed by atoms with van der Waals surface area (Å²) in [6, 6.07) is 0. The van der Waals surface area contributed by atoms with Gasteiger partial charge in [-0.25, -0.2) is 0 Å². The highest BCUT2D eigenvalue weighted by molar-refractivity contribution is 6.32. The molecule has 15 heavy (non-hydrogen) atoms. The molecule has 1 aliphatic rings. The number of halogens is 1. The van der Waals surface area contributed by atoms with E-state index in [0.717, 1.165) is 18.9 Å². The molecule has 0 aliphatic heterocycles. The molecule has 0 aromatic carbocycles. The molecule has 1 fully saturated rings. The maximum Gasteiger partial charge on any atom is 0.164 e. The van der Waals surface area contributed by atoms with Gasteiger partial charge in [0.05, 0.1) is 0 Å². The summed E-state index contributed by atoms with van der Waals surface area (Å²) in [4.78, 5) is 0. The van der Waals surface area contributed by atoms with Crippen LogP contribution in [0.2, 0.25) is 5.02 Å². The first-order valence-corrected chi connectivity index (χ1v) is 5.85. The van der Waals surface area contributed by atoms with E-state index in [1.54, 1.807) is 6.20 Å². The van der Waals surface area contributed by atoms with Crippen molar-refractivity contribution >= 4 is 17.4 Å². The van der Waals surface area contributed by atoms with Gasteiger partial charge in [0.15, 0.2) is 5.82 Å². The molecule has 2 N–H and O–H groups in total. The third kappa shape index (κ3) is 2.46. The molecule has 1 aromatic rings. The molecule has 1 saturated carbocycles. The topological polar surface area (TPSA) is 43.8 Å². The summed E-state index contributed by atoms with van der Waals surface area (Å²) >= 11 is 5.82. The highest BCUT2D eigenvalue weighted by Gasteiger charge is 2.44. The van der Waals surface area contributed by atoms with E-state index in [1.165, 1.54) is 12.8 Å². The van der Waals surface area contributed by atoms with Gasteiger partial charge in [0.25, 0.3) is 0 Å². The zero-order chi connectivity index (χ0) is 11.1. The van der Waals surface area contributed by atoms with Gasteiger partial charge in [-0.05, 0) is 30.6 Å². The molecule has 0 saturated heterocycles. The predicted molar refractivity (Wildman–Crippen MR) is 62.8 cm³/mol. The number of aromatic nitrogens is 2. The van der Waals surface area contributed by atoms with Crippen molar-refractivity contribution in [2.45, 2.75) is 39.7 Å². The molecule has 3 nitrogen and oxygen atoms in total. The standard InChI is InChI=1S/C11H18ClN3/c1-11(2)6-8(11)4-3-5-15-7-9(12)10(13)14-15/h7-8H,3-6H2,1-2H3,(H2,13,14). The van der Waals surface area contributed by atoms with E-state index >= 15 is 0 Å². The maximum atomic E-state index is 5.82. The van der Waals surface area contributed by atoms with Gasteiger partial charge in [-0.15, -0.1) is 0 Å². The normalized spacial score (nSPS) is 23.0. The Labute approximate surface area is 95.6 Å². The SMILES string of the molecule is CC1(C)CC1CCCn1cc(Cl)c(N)n1. The summed E-state index contributed by atoms with van der Waals surface area (Å²) in [6.45, 7) is 5.59. The summed E-state index contributed by atoms with van der Waals surface area (Å²) in [7, 11) is 0. The molecule has 4 heteroatoms. The van der Waals surface area contributed by atoms with E-state index in [9.17, 15) is 0 Å². The lowest BCUT2D eigenvalue weighted by atomic mass is 10.1. The fourth-order valence-electron chi connectivity index (χ4n) is 2.10. The molecule has 1 heterocycles. The van der Waals surface area contributed by atoms with Crippen molar-refractivity contribution in [2.75, 3.05) is 5.73 Å². The fourth-order valence-corrected chi connectivity index (χ4v) is 2.25. The molecule has 0 radical (unpaired) electrons. The number of nitrogens with two attached hydrogens (primary N) is 1. The Morgan fingerprint density at radius 1 is 1.67 bits per heavy atom. The largest absolute Gasteiger partial charge is 0.381 e. The molecule has 2 rings (SSSR count). The van der Waals surface area contributed by atoms with Gasteiger partial charge < -0.3 is 5.73 Å². The lowest BCUT2D eigenvalue weighted by Crippen LogP contribution is -2.01. The molecular weight excluding hydrogens is 210 g/mol. The summed E-state index contributed by atoms with van der Waals surface area (Å²) in [5.74, 6) is 1.34. The third-order valence-electron chi connectivity index (χ3n) is 3.40.